The van der Waals surface area contributed by atoms with Crippen LogP contribution >= 0.6 is 11.8 Å². The Morgan fingerprint density at radius 3 is 2.79 bits per heavy atom. The SMILES string of the molecule is CS[C@@H]1CC[C@H](NC(=O)N2CC[C@H](CN(C)C)C2)C1. The van der Waals surface area contributed by atoms with Crippen molar-refractivity contribution in [2.45, 2.75) is 37.0 Å². The Morgan fingerprint density at radius 2 is 2.16 bits per heavy atom. The molecule has 0 aromatic heterocycles. The second-order valence-electron chi connectivity index (χ2n) is 6.18. The Balaban J connectivity index is 1.72. The van der Waals surface area contributed by atoms with E-state index in [2.05, 4.69) is 30.6 Å². The molecule has 4 nitrogen and oxygen atoms in total. The Labute approximate surface area is 121 Å². The van der Waals surface area contributed by atoms with Gasteiger partial charge in [-0.2, -0.15) is 11.8 Å². The summed E-state index contributed by atoms with van der Waals surface area (Å²) in [5.41, 5.74) is 0. The average molecular weight is 285 g/mol. The highest BCUT2D eigenvalue weighted by molar-refractivity contribution is 7.99. The van der Waals surface area contributed by atoms with Crippen LogP contribution in [0.1, 0.15) is 25.7 Å². The highest BCUT2D eigenvalue weighted by Crippen LogP contribution is 2.28. The minimum atomic E-state index is 0.160. The predicted octanol–water partition coefficient (Wildman–Crippen LogP) is 1.86. The van der Waals surface area contributed by atoms with E-state index in [0.29, 0.717) is 12.0 Å². The van der Waals surface area contributed by atoms with Crippen LogP contribution in [0.15, 0.2) is 0 Å². The smallest absolute Gasteiger partial charge is 0.317 e. The average Bonchev–Trinajstić information content (AvgIpc) is 2.97. The molecule has 2 aliphatic rings. The van der Waals surface area contributed by atoms with Crippen molar-refractivity contribution in [1.29, 1.82) is 0 Å². The van der Waals surface area contributed by atoms with Crippen LogP contribution in [0.2, 0.25) is 0 Å². The van der Waals surface area contributed by atoms with Gasteiger partial charge in [0.25, 0.3) is 0 Å². The fourth-order valence-corrected chi connectivity index (χ4v) is 4.03. The van der Waals surface area contributed by atoms with Crippen molar-refractivity contribution >= 4 is 17.8 Å². The van der Waals surface area contributed by atoms with Gasteiger partial charge in [-0.1, -0.05) is 0 Å². The van der Waals surface area contributed by atoms with Crippen molar-refractivity contribution in [2.24, 2.45) is 5.92 Å². The number of urea groups is 1. The van der Waals surface area contributed by atoms with Crippen molar-refractivity contribution in [2.75, 3.05) is 40.0 Å². The lowest BCUT2D eigenvalue weighted by Gasteiger charge is -2.21. The largest absolute Gasteiger partial charge is 0.335 e. The van der Waals surface area contributed by atoms with Crippen LogP contribution in [0.3, 0.4) is 0 Å². The minimum Gasteiger partial charge on any atom is -0.335 e. The molecule has 110 valence electrons. The number of carbonyl (C=O) groups is 1. The van der Waals surface area contributed by atoms with Gasteiger partial charge in [0.05, 0.1) is 0 Å². The lowest BCUT2D eigenvalue weighted by atomic mass is 10.1. The van der Waals surface area contributed by atoms with Gasteiger partial charge >= 0.3 is 6.03 Å². The van der Waals surface area contributed by atoms with Crippen LogP contribution < -0.4 is 5.32 Å². The molecule has 1 aliphatic heterocycles. The number of likely N-dealkylation sites (tertiary alicyclic amines) is 1. The van der Waals surface area contributed by atoms with E-state index in [1.807, 2.05) is 16.7 Å². The molecule has 1 aliphatic carbocycles. The molecule has 0 bridgehead atoms. The van der Waals surface area contributed by atoms with Gasteiger partial charge in [-0.05, 0) is 52.0 Å². The highest BCUT2D eigenvalue weighted by Gasteiger charge is 2.30. The first kappa shape index (κ1) is 15.0. The molecule has 1 N–H and O–H groups in total. The molecular formula is C14H27N3OS. The molecule has 0 aromatic rings. The summed E-state index contributed by atoms with van der Waals surface area (Å²) in [5, 5.41) is 3.96. The molecule has 0 radical (unpaired) electrons. The van der Waals surface area contributed by atoms with Gasteiger partial charge in [-0.3, -0.25) is 0 Å². The topological polar surface area (TPSA) is 35.6 Å². The van der Waals surface area contributed by atoms with E-state index in [-0.39, 0.29) is 6.03 Å². The standard InChI is InChI=1S/C14H27N3OS/c1-16(2)9-11-6-7-17(10-11)14(18)15-12-4-5-13(8-12)19-3/h11-13H,4-10H2,1-3H3,(H,15,18)/t11-,12+,13-/m1/s1. The van der Waals surface area contributed by atoms with Crippen LogP contribution in [-0.4, -0.2) is 67.1 Å². The first-order valence-electron chi connectivity index (χ1n) is 7.31. The first-order chi connectivity index (χ1) is 9.08. The maximum Gasteiger partial charge on any atom is 0.317 e. The van der Waals surface area contributed by atoms with E-state index >= 15 is 0 Å². The van der Waals surface area contributed by atoms with Gasteiger partial charge in [0.1, 0.15) is 0 Å². The number of hydrogen-bond acceptors (Lipinski definition) is 3. The number of amides is 2. The second-order valence-corrected chi connectivity index (χ2v) is 7.32. The van der Waals surface area contributed by atoms with E-state index in [0.717, 1.165) is 44.1 Å². The molecule has 19 heavy (non-hydrogen) atoms. The zero-order valence-electron chi connectivity index (χ0n) is 12.4. The van der Waals surface area contributed by atoms with Gasteiger partial charge in [0.2, 0.25) is 0 Å². The molecule has 1 saturated heterocycles. The summed E-state index contributed by atoms with van der Waals surface area (Å²) in [6.07, 6.45) is 6.84. The molecule has 1 heterocycles. The second kappa shape index (κ2) is 6.84. The molecule has 2 fully saturated rings. The number of carbonyl (C=O) groups excluding carboxylic acids is 1. The summed E-state index contributed by atoms with van der Waals surface area (Å²) >= 11 is 1.93. The first-order valence-corrected chi connectivity index (χ1v) is 8.60. The van der Waals surface area contributed by atoms with Gasteiger partial charge in [-0.25, -0.2) is 4.79 Å². The fourth-order valence-electron chi connectivity index (χ4n) is 3.23. The molecule has 2 rings (SSSR count). The van der Waals surface area contributed by atoms with Crippen molar-refractivity contribution in [3.05, 3.63) is 0 Å². The Morgan fingerprint density at radius 1 is 1.37 bits per heavy atom. The quantitative estimate of drug-likeness (QED) is 0.856. The zero-order valence-corrected chi connectivity index (χ0v) is 13.2. The van der Waals surface area contributed by atoms with E-state index in [9.17, 15) is 4.79 Å². The number of nitrogens with one attached hydrogen (secondary N) is 1. The molecule has 0 unspecified atom stereocenters. The normalized spacial score (nSPS) is 31.2. The summed E-state index contributed by atoms with van der Waals surface area (Å²) < 4.78 is 0. The van der Waals surface area contributed by atoms with E-state index in [1.54, 1.807) is 0 Å². The zero-order chi connectivity index (χ0) is 13.8. The van der Waals surface area contributed by atoms with E-state index in [4.69, 9.17) is 0 Å². The summed E-state index contributed by atoms with van der Waals surface area (Å²) in [6.45, 7) is 2.92. The van der Waals surface area contributed by atoms with Gasteiger partial charge in [-0.15, -0.1) is 0 Å². The highest BCUT2D eigenvalue weighted by atomic mass is 32.2. The molecule has 0 spiro atoms. The molecule has 3 atom stereocenters. The van der Waals surface area contributed by atoms with Crippen LogP contribution in [0.25, 0.3) is 0 Å². The van der Waals surface area contributed by atoms with Gasteiger partial charge < -0.3 is 15.1 Å². The molecule has 1 saturated carbocycles. The lowest BCUT2D eigenvalue weighted by Crippen LogP contribution is -2.43. The molecule has 2 amide bonds. The summed E-state index contributed by atoms with van der Waals surface area (Å²) in [7, 11) is 4.20. The number of thioether (sulfide) groups is 1. The molecular weight excluding hydrogens is 258 g/mol. The Bertz CT molecular complexity index is 311. The monoisotopic (exact) mass is 285 g/mol. The number of hydrogen-bond donors (Lipinski definition) is 1. The van der Waals surface area contributed by atoms with E-state index in [1.165, 1.54) is 6.42 Å². The maximum atomic E-state index is 12.2. The summed E-state index contributed by atoms with van der Waals surface area (Å²) in [5.74, 6) is 0.642. The molecule has 5 heteroatoms. The van der Waals surface area contributed by atoms with Crippen molar-refractivity contribution in [3.8, 4) is 0 Å². The minimum absolute atomic E-state index is 0.160. The van der Waals surface area contributed by atoms with Crippen LogP contribution in [0.5, 0.6) is 0 Å². The third kappa shape index (κ3) is 4.28. The predicted molar refractivity (Wildman–Crippen MR) is 81.7 cm³/mol. The lowest BCUT2D eigenvalue weighted by molar-refractivity contribution is 0.201. The van der Waals surface area contributed by atoms with Crippen LogP contribution in [0, 0.1) is 5.92 Å². The van der Waals surface area contributed by atoms with Gasteiger partial charge in [0, 0.05) is 30.9 Å². The summed E-state index contributed by atoms with van der Waals surface area (Å²) in [4.78, 5) is 16.4. The Kier molecular flexibility index (Phi) is 5.39. The number of rotatable bonds is 4. The van der Waals surface area contributed by atoms with E-state index < -0.39 is 0 Å². The van der Waals surface area contributed by atoms with Crippen molar-refractivity contribution in [3.63, 3.8) is 0 Å². The van der Waals surface area contributed by atoms with Crippen molar-refractivity contribution < 1.29 is 4.79 Å². The Hall–Kier alpha value is -0.420. The molecule has 0 aromatic carbocycles. The maximum absolute atomic E-state index is 12.2. The summed E-state index contributed by atoms with van der Waals surface area (Å²) in [6, 6.07) is 0.561. The van der Waals surface area contributed by atoms with Crippen molar-refractivity contribution in [1.82, 2.24) is 15.1 Å². The fraction of sp³-hybridized carbons (Fsp3) is 0.929. The van der Waals surface area contributed by atoms with Crippen LogP contribution in [0.4, 0.5) is 4.79 Å². The number of nitrogens with zero attached hydrogens (tertiary/aromatic N) is 2. The van der Waals surface area contributed by atoms with Crippen LogP contribution in [-0.2, 0) is 0 Å². The van der Waals surface area contributed by atoms with Gasteiger partial charge in [0.15, 0.2) is 0 Å². The third-order valence-corrected chi connectivity index (χ3v) is 5.34. The third-order valence-electron chi connectivity index (χ3n) is 4.24.